The first-order chi connectivity index (χ1) is 13.2. The van der Waals surface area contributed by atoms with Gasteiger partial charge in [0.25, 0.3) is 0 Å². The summed E-state index contributed by atoms with van der Waals surface area (Å²) in [7, 11) is 1.82. The Bertz CT molecular complexity index is 914. The van der Waals surface area contributed by atoms with E-state index in [1.165, 1.54) is 5.69 Å². The van der Waals surface area contributed by atoms with Gasteiger partial charge in [0.15, 0.2) is 5.58 Å². The molecule has 1 aliphatic rings. The van der Waals surface area contributed by atoms with E-state index in [4.69, 9.17) is 9.26 Å². The fourth-order valence-electron chi connectivity index (χ4n) is 3.34. The molecule has 1 saturated heterocycles. The van der Waals surface area contributed by atoms with Crippen molar-refractivity contribution < 1.29 is 14.1 Å². The number of fused-ring (bicyclic) bond motifs is 1. The van der Waals surface area contributed by atoms with Crippen LogP contribution in [0.15, 0.2) is 53.1 Å². The number of carbonyl (C=O) groups is 1. The molecule has 3 aromatic rings. The summed E-state index contributed by atoms with van der Waals surface area (Å²) in [5, 5.41) is 4.95. The van der Waals surface area contributed by atoms with Crippen LogP contribution in [0, 0.1) is 0 Å². The molecule has 6 heteroatoms. The molecule has 2 aromatic carbocycles. The van der Waals surface area contributed by atoms with Gasteiger partial charge >= 0.3 is 0 Å². The zero-order valence-corrected chi connectivity index (χ0v) is 15.4. The Kier molecular flexibility index (Phi) is 5.07. The largest absolute Gasteiger partial charge is 0.378 e. The molecule has 27 heavy (non-hydrogen) atoms. The van der Waals surface area contributed by atoms with Crippen LogP contribution in [0.5, 0.6) is 0 Å². The average molecular weight is 365 g/mol. The quantitative estimate of drug-likeness (QED) is 0.696. The molecule has 1 amide bonds. The van der Waals surface area contributed by atoms with Gasteiger partial charge in [0.2, 0.25) is 5.91 Å². The third-order valence-corrected chi connectivity index (χ3v) is 4.93. The van der Waals surface area contributed by atoms with E-state index in [1.807, 2.05) is 31.3 Å². The minimum atomic E-state index is 0.0197. The van der Waals surface area contributed by atoms with Crippen molar-refractivity contribution >= 4 is 22.6 Å². The highest BCUT2D eigenvalue weighted by Crippen LogP contribution is 2.20. The Balaban J connectivity index is 1.38. The topological polar surface area (TPSA) is 58.8 Å². The molecule has 0 spiro atoms. The monoisotopic (exact) mass is 365 g/mol. The second-order valence-electron chi connectivity index (χ2n) is 6.82. The number of para-hydroxylation sites is 1. The van der Waals surface area contributed by atoms with Gasteiger partial charge in [-0.2, -0.15) is 0 Å². The lowest BCUT2D eigenvalue weighted by Crippen LogP contribution is -2.36. The van der Waals surface area contributed by atoms with Gasteiger partial charge in [-0.1, -0.05) is 29.4 Å². The molecule has 0 N–H and O–H groups in total. The van der Waals surface area contributed by atoms with Crippen molar-refractivity contribution in [2.24, 2.45) is 0 Å². The van der Waals surface area contributed by atoms with Crippen LogP contribution in [0.25, 0.3) is 11.0 Å². The summed E-state index contributed by atoms with van der Waals surface area (Å²) in [5.74, 6) is 0.0197. The standard InChI is InChI=1S/C21H23N3O3/c1-23(21(25)14-19-18-4-2-3-5-20(18)27-22-19)15-16-6-8-17(9-7-16)24-10-12-26-13-11-24/h2-9H,10-15H2,1H3. The summed E-state index contributed by atoms with van der Waals surface area (Å²) in [6.07, 6.45) is 0.235. The predicted octanol–water partition coefficient (Wildman–Crippen LogP) is 2.87. The van der Waals surface area contributed by atoms with Gasteiger partial charge in [0.05, 0.1) is 19.6 Å². The van der Waals surface area contributed by atoms with E-state index in [-0.39, 0.29) is 12.3 Å². The smallest absolute Gasteiger partial charge is 0.228 e. The molecule has 0 saturated carbocycles. The van der Waals surface area contributed by atoms with Crippen LogP contribution in [0.2, 0.25) is 0 Å². The van der Waals surface area contributed by atoms with Crippen molar-refractivity contribution in [1.82, 2.24) is 10.1 Å². The number of amides is 1. The first-order valence-corrected chi connectivity index (χ1v) is 9.19. The van der Waals surface area contributed by atoms with Crippen molar-refractivity contribution in [2.45, 2.75) is 13.0 Å². The van der Waals surface area contributed by atoms with Crippen LogP contribution in [0.4, 0.5) is 5.69 Å². The molecular formula is C21H23N3O3. The maximum Gasteiger partial charge on any atom is 0.228 e. The van der Waals surface area contributed by atoms with Gasteiger partial charge in [-0.15, -0.1) is 0 Å². The Morgan fingerprint density at radius 3 is 2.63 bits per heavy atom. The maximum atomic E-state index is 12.6. The first-order valence-electron chi connectivity index (χ1n) is 9.19. The number of rotatable bonds is 5. The molecule has 2 heterocycles. The molecule has 6 nitrogen and oxygen atoms in total. The van der Waals surface area contributed by atoms with E-state index >= 15 is 0 Å². The zero-order valence-electron chi connectivity index (χ0n) is 15.4. The van der Waals surface area contributed by atoms with Gasteiger partial charge < -0.3 is 19.1 Å². The lowest BCUT2D eigenvalue weighted by molar-refractivity contribution is -0.129. The highest BCUT2D eigenvalue weighted by atomic mass is 16.5. The summed E-state index contributed by atoms with van der Waals surface area (Å²) in [6, 6.07) is 16.0. The minimum absolute atomic E-state index is 0.0197. The molecular weight excluding hydrogens is 342 g/mol. The van der Waals surface area contributed by atoms with Crippen molar-refractivity contribution in [1.29, 1.82) is 0 Å². The molecule has 0 atom stereocenters. The number of morpholine rings is 1. The van der Waals surface area contributed by atoms with Crippen LogP contribution >= 0.6 is 0 Å². The molecule has 0 bridgehead atoms. The number of anilines is 1. The van der Waals surface area contributed by atoms with Gasteiger partial charge in [0.1, 0.15) is 5.69 Å². The molecule has 0 unspecified atom stereocenters. The summed E-state index contributed by atoms with van der Waals surface area (Å²) >= 11 is 0. The molecule has 0 radical (unpaired) electrons. The Morgan fingerprint density at radius 2 is 1.85 bits per heavy atom. The molecule has 4 rings (SSSR count). The average Bonchev–Trinajstić information content (AvgIpc) is 3.12. The van der Waals surface area contributed by atoms with Crippen LogP contribution in [0.1, 0.15) is 11.3 Å². The minimum Gasteiger partial charge on any atom is -0.378 e. The predicted molar refractivity (Wildman–Crippen MR) is 104 cm³/mol. The van der Waals surface area contributed by atoms with Crippen molar-refractivity contribution in [2.75, 3.05) is 38.3 Å². The summed E-state index contributed by atoms with van der Waals surface area (Å²) in [4.78, 5) is 16.6. The summed E-state index contributed by atoms with van der Waals surface area (Å²) in [5.41, 5.74) is 3.70. The number of likely N-dealkylation sites (N-methyl/N-ethyl adjacent to an activating group) is 1. The van der Waals surface area contributed by atoms with E-state index in [0.717, 1.165) is 37.3 Å². The number of ether oxygens (including phenoxy) is 1. The van der Waals surface area contributed by atoms with Crippen LogP contribution in [-0.2, 0) is 22.5 Å². The van der Waals surface area contributed by atoms with Crippen molar-refractivity contribution in [3.63, 3.8) is 0 Å². The number of hydrogen-bond acceptors (Lipinski definition) is 5. The van der Waals surface area contributed by atoms with Crippen LogP contribution in [0.3, 0.4) is 0 Å². The number of carbonyl (C=O) groups excluding carboxylic acids is 1. The SMILES string of the molecule is CN(Cc1ccc(N2CCOCC2)cc1)C(=O)Cc1noc2ccccc12. The van der Waals surface area contributed by atoms with Crippen molar-refractivity contribution in [3.05, 3.63) is 59.8 Å². The van der Waals surface area contributed by atoms with Gasteiger partial charge in [-0.3, -0.25) is 4.79 Å². The Morgan fingerprint density at radius 1 is 1.11 bits per heavy atom. The van der Waals surface area contributed by atoms with E-state index in [1.54, 1.807) is 4.90 Å². The van der Waals surface area contributed by atoms with Gasteiger partial charge in [-0.25, -0.2) is 0 Å². The number of aromatic nitrogens is 1. The molecule has 1 aliphatic heterocycles. The van der Waals surface area contributed by atoms with Crippen molar-refractivity contribution in [3.8, 4) is 0 Å². The van der Waals surface area contributed by atoms with E-state index in [9.17, 15) is 4.79 Å². The number of hydrogen-bond donors (Lipinski definition) is 0. The van der Waals surface area contributed by atoms with Gasteiger partial charge in [-0.05, 0) is 29.8 Å². The fourth-order valence-corrected chi connectivity index (χ4v) is 3.34. The van der Waals surface area contributed by atoms with Crippen LogP contribution < -0.4 is 4.90 Å². The first kappa shape index (κ1) is 17.5. The molecule has 140 valence electrons. The van der Waals surface area contributed by atoms with E-state index in [2.05, 4.69) is 34.3 Å². The second-order valence-corrected chi connectivity index (χ2v) is 6.82. The lowest BCUT2D eigenvalue weighted by Gasteiger charge is -2.29. The summed E-state index contributed by atoms with van der Waals surface area (Å²) < 4.78 is 10.7. The van der Waals surface area contributed by atoms with E-state index < -0.39 is 0 Å². The number of benzene rings is 2. The number of nitrogens with zero attached hydrogens (tertiary/aromatic N) is 3. The molecule has 0 aliphatic carbocycles. The van der Waals surface area contributed by atoms with Crippen LogP contribution in [-0.4, -0.2) is 49.3 Å². The third-order valence-electron chi connectivity index (χ3n) is 4.93. The third kappa shape index (κ3) is 3.95. The highest BCUT2D eigenvalue weighted by Gasteiger charge is 2.16. The Hall–Kier alpha value is -2.86. The van der Waals surface area contributed by atoms with E-state index in [0.29, 0.717) is 17.8 Å². The normalized spacial score (nSPS) is 14.5. The zero-order chi connectivity index (χ0) is 18.6. The summed E-state index contributed by atoms with van der Waals surface area (Å²) in [6.45, 7) is 3.95. The molecule has 1 aromatic heterocycles. The fraction of sp³-hybridized carbons (Fsp3) is 0.333. The van der Waals surface area contributed by atoms with Gasteiger partial charge in [0, 0.05) is 37.8 Å². The lowest BCUT2D eigenvalue weighted by atomic mass is 10.1. The highest BCUT2D eigenvalue weighted by molar-refractivity contribution is 5.86. The second kappa shape index (κ2) is 7.80. The maximum absolute atomic E-state index is 12.6. The molecule has 1 fully saturated rings. The Labute approximate surface area is 158 Å².